The van der Waals surface area contributed by atoms with Crippen LogP contribution in [0.3, 0.4) is 0 Å². The number of benzene rings is 8. The minimum atomic E-state index is -0.344. The molecular weight excluding hydrogens is 665 g/mol. The number of fused-ring (bicyclic) bond motifs is 13. The van der Waals surface area contributed by atoms with Crippen LogP contribution in [0.5, 0.6) is 17.2 Å². The Labute approximate surface area is 308 Å². The van der Waals surface area contributed by atoms with Crippen LogP contribution in [0.25, 0.3) is 93.6 Å². The lowest BCUT2D eigenvalue weighted by molar-refractivity contribution is 0.479. The van der Waals surface area contributed by atoms with Crippen molar-refractivity contribution in [1.29, 1.82) is 0 Å². The molecule has 250 valence electrons. The summed E-state index contributed by atoms with van der Waals surface area (Å²) in [5.74, 6) is 2.43. The van der Waals surface area contributed by atoms with Crippen LogP contribution >= 0.6 is 0 Å². The Kier molecular flexibility index (Phi) is 5.39. The lowest BCUT2D eigenvalue weighted by Crippen LogP contribution is -2.53. The van der Waals surface area contributed by atoms with Crippen molar-refractivity contribution in [3.63, 3.8) is 0 Å². The molecule has 54 heavy (non-hydrogen) atoms. The second kappa shape index (κ2) is 10.2. The Hall–Kier alpha value is -7.18. The Bertz CT molecular complexity index is 3370. The number of rotatable bonds is 2. The number of aromatic nitrogens is 1. The third-order valence-electron chi connectivity index (χ3n) is 11.5. The first kappa shape index (κ1) is 28.4. The Morgan fingerprint density at radius 1 is 0.426 bits per heavy atom. The maximum absolute atomic E-state index is 6.91. The Balaban J connectivity index is 1.00. The van der Waals surface area contributed by atoms with Crippen LogP contribution in [-0.2, 0) is 0 Å². The second-order valence-electron chi connectivity index (χ2n) is 14.4. The standard InChI is InChI=1S/C48H26BNO4/c1-5-16-39-30(10-1)31-11-2-6-17-40(31)50(39)28-20-21-43-38(24-28)49-47-37(33-13-4-8-19-42(33)54-49)22-27(23-46(47)52-43)29-14-9-15-34-36-26-44-35(25-45(36)53-48(29)34)32-12-3-7-18-41(32)51-44/h1-26H. The van der Waals surface area contributed by atoms with E-state index in [1.54, 1.807) is 0 Å². The van der Waals surface area contributed by atoms with Gasteiger partial charge in [0.1, 0.15) is 39.6 Å². The molecule has 5 nitrogen and oxygen atoms in total. The fraction of sp³-hybridized carbons (Fsp3) is 0. The molecule has 0 radical (unpaired) electrons. The van der Waals surface area contributed by atoms with Gasteiger partial charge in [0.15, 0.2) is 0 Å². The summed E-state index contributed by atoms with van der Waals surface area (Å²) in [5.41, 5.74) is 13.0. The fourth-order valence-corrected chi connectivity index (χ4v) is 9.09. The van der Waals surface area contributed by atoms with Crippen molar-refractivity contribution in [2.75, 3.05) is 0 Å². The molecule has 0 saturated heterocycles. The topological polar surface area (TPSA) is 49.7 Å². The van der Waals surface area contributed by atoms with E-state index in [0.717, 1.165) is 111 Å². The van der Waals surface area contributed by atoms with Gasteiger partial charge in [0, 0.05) is 60.1 Å². The molecule has 0 N–H and O–H groups in total. The maximum Gasteiger partial charge on any atom is 0.434 e. The molecule has 0 amide bonds. The van der Waals surface area contributed by atoms with Crippen LogP contribution in [-0.4, -0.2) is 11.5 Å². The Morgan fingerprint density at radius 3 is 1.96 bits per heavy atom. The largest absolute Gasteiger partial charge is 0.551 e. The van der Waals surface area contributed by atoms with Gasteiger partial charge in [0.25, 0.3) is 0 Å². The lowest BCUT2D eigenvalue weighted by atomic mass is 9.50. The molecule has 0 unspecified atom stereocenters. The average Bonchev–Trinajstić information content (AvgIpc) is 3.89. The molecule has 11 aromatic rings. The summed E-state index contributed by atoms with van der Waals surface area (Å²) in [5, 5.41) is 6.66. The van der Waals surface area contributed by atoms with Crippen molar-refractivity contribution in [3.05, 3.63) is 158 Å². The van der Waals surface area contributed by atoms with E-state index in [9.17, 15) is 0 Å². The number of nitrogens with zero attached hydrogens (tertiary/aromatic N) is 1. The van der Waals surface area contributed by atoms with Gasteiger partial charge in [0.05, 0.1) is 11.0 Å². The first-order valence-corrected chi connectivity index (χ1v) is 18.3. The summed E-state index contributed by atoms with van der Waals surface area (Å²) in [4.78, 5) is 0. The third-order valence-corrected chi connectivity index (χ3v) is 11.5. The first-order chi connectivity index (χ1) is 26.7. The predicted octanol–water partition coefficient (Wildman–Crippen LogP) is 11.5. The summed E-state index contributed by atoms with van der Waals surface area (Å²) in [6.45, 7) is -0.344. The first-order valence-electron chi connectivity index (χ1n) is 18.3. The molecule has 0 bridgehead atoms. The van der Waals surface area contributed by atoms with E-state index in [1.807, 2.05) is 24.3 Å². The molecule has 0 saturated carbocycles. The molecule has 5 heterocycles. The zero-order valence-electron chi connectivity index (χ0n) is 28.7. The third kappa shape index (κ3) is 3.73. The van der Waals surface area contributed by atoms with Gasteiger partial charge in [-0.15, -0.1) is 0 Å². The van der Waals surface area contributed by atoms with Gasteiger partial charge in [-0.05, 0) is 77.9 Å². The molecular formula is C48H26BNO4. The van der Waals surface area contributed by atoms with Crippen LogP contribution in [0.1, 0.15) is 0 Å². The summed E-state index contributed by atoms with van der Waals surface area (Å²) < 4.78 is 29.1. The molecule has 0 atom stereocenters. The van der Waals surface area contributed by atoms with Crippen LogP contribution in [0.2, 0.25) is 0 Å². The van der Waals surface area contributed by atoms with Gasteiger partial charge in [-0.2, -0.15) is 0 Å². The van der Waals surface area contributed by atoms with Crippen LogP contribution in [0, 0.1) is 0 Å². The van der Waals surface area contributed by atoms with Crippen LogP contribution < -0.4 is 20.3 Å². The van der Waals surface area contributed by atoms with E-state index in [2.05, 4.69) is 138 Å². The number of furan rings is 2. The van der Waals surface area contributed by atoms with Crippen molar-refractivity contribution in [1.82, 2.24) is 4.57 Å². The van der Waals surface area contributed by atoms with E-state index < -0.39 is 0 Å². The van der Waals surface area contributed by atoms with Crippen molar-refractivity contribution < 1.29 is 18.2 Å². The molecule has 6 heteroatoms. The highest BCUT2D eigenvalue weighted by atomic mass is 16.5. The highest BCUT2D eigenvalue weighted by Gasteiger charge is 2.41. The van der Waals surface area contributed by atoms with Crippen LogP contribution in [0.4, 0.5) is 0 Å². The molecule has 2 aliphatic rings. The molecule has 8 aromatic carbocycles. The molecule has 13 rings (SSSR count). The minimum Gasteiger partial charge on any atom is -0.551 e. The summed E-state index contributed by atoms with van der Waals surface area (Å²) in [6, 6.07) is 55.1. The highest BCUT2D eigenvalue weighted by molar-refractivity contribution is 6.84. The second-order valence-corrected chi connectivity index (χ2v) is 14.4. The zero-order chi connectivity index (χ0) is 35.1. The maximum atomic E-state index is 6.91. The smallest absolute Gasteiger partial charge is 0.434 e. The number of hydrogen-bond acceptors (Lipinski definition) is 4. The van der Waals surface area contributed by atoms with Gasteiger partial charge in [-0.1, -0.05) is 91.0 Å². The molecule has 3 aromatic heterocycles. The van der Waals surface area contributed by atoms with Gasteiger partial charge < -0.3 is 22.8 Å². The summed E-state index contributed by atoms with van der Waals surface area (Å²) in [6.07, 6.45) is 0. The summed E-state index contributed by atoms with van der Waals surface area (Å²) >= 11 is 0. The Morgan fingerprint density at radius 2 is 1.11 bits per heavy atom. The summed E-state index contributed by atoms with van der Waals surface area (Å²) in [7, 11) is 0. The quantitative estimate of drug-likeness (QED) is 0.169. The molecule has 0 fully saturated rings. The van der Waals surface area contributed by atoms with Gasteiger partial charge in [0.2, 0.25) is 0 Å². The fourth-order valence-electron chi connectivity index (χ4n) is 9.09. The van der Waals surface area contributed by atoms with E-state index in [-0.39, 0.29) is 6.92 Å². The monoisotopic (exact) mass is 691 g/mol. The van der Waals surface area contributed by atoms with Crippen molar-refractivity contribution in [3.8, 4) is 45.2 Å². The normalized spacial score (nSPS) is 13.1. The van der Waals surface area contributed by atoms with E-state index in [1.165, 1.54) is 10.8 Å². The van der Waals surface area contributed by atoms with Crippen molar-refractivity contribution in [2.45, 2.75) is 0 Å². The molecule has 0 spiro atoms. The highest BCUT2D eigenvalue weighted by Crippen LogP contribution is 2.45. The van der Waals surface area contributed by atoms with Gasteiger partial charge in [-0.3, -0.25) is 0 Å². The van der Waals surface area contributed by atoms with Crippen molar-refractivity contribution >= 4 is 83.5 Å². The molecule has 0 aliphatic carbocycles. The van der Waals surface area contributed by atoms with Crippen LogP contribution in [0.15, 0.2) is 167 Å². The zero-order valence-corrected chi connectivity index (χ0v) is 28.7. The van der Waals surface area contributed by atoms with E-state index in [4.69, 9.17) is 18.2 Å². The SMILES string of the molecule is c1ccc2c(c1)OB1c3cc(-n4c5ccccc5c5ccccc54)ccc3Oc3cc(-c4cccc5c4oc4cc6c(cc45)oc4ccccc46)cc-2c31. The average molecular weight is 692 g/mol. The van der Waals surface area contributed by atoms with Gasteiger partial charge in [-0.25, -0.2) is 0 Å². The number of ether oxygens (including phenoxy) is 1. The minimum absolute atomic E-state index is 0.344. The van der Waals surface area contributed by atoms with Gasteiger partial charge >= 0.3 is 6.92 Å². The lowest BCUT2D eigenvalue weighted by Gasteiger charge is -2.33. The number of hydrogen-bond donors (Lipinski definition) is 0. The van der Waals surface area contributed by atoms with Crippen molar-refractivity contribution in [2.24, 2.45) is 0 Å². The molecule has 2 aliphatic heterocycles. The number of para-hydroxylation sites is 5. The van der Waals surface area contributed by atoms with E-state index >= 15 is 0 Å². The van der Waals surface area contributed by atoms with E-state index in [0.29, 0.717) is 0 Å². The predicted molar refractivity (Wildman–Crippen MR) is 218 cm³/mol.